The van der Waals surface area contributed by atoms with Crippen LogP contribution < -0.4 is 10.2 Å². The van der Waals surface area contributed by atoms with E-state index in [4.69, 9.17) is 4.98 Å². The third-order valence-electron chi connectivity index (χ3n) is 4.20. The molecule has 0 amide bonds. The number of nitrogens with zero attached hydrogens (tertiary/aromatic N) is 2. The second-order valence-electron chi connectivity index (χ2n) is 6.52. The van der Waals surface area contributed by atoms with Gasteiger partial charge < -0.3 is 10.2 Å². The third-order valence-corrected chi connectivity index (χ3v) is 4.20. The van der Waals surface area contributed by atoms with Crippen LogP contribution in [-0.2, 0) is 6.54 Å². The van der Waals surface area contributed by atoms with E-state index in [0.717, 1.165) is 25.5 Å². The average molecular weight is 269 g/mol. The van der Waals surface area contributed by atoms with Gasteiger partial charge in [-0.05, 0) is 29.8 Å². The number of anilines is 1. The van der Waals surface area contributed by atoms with E-state index < -0.39 is 0 Å². The highest BCUT2D eigenvalue weighted by atomic mass is 15.2. The Labute approximate surface area is 121 Å². The van der Waals surface area contributed by atoms with E-state index in [1.165, 1.54) is 22.8 Å². The van der Waals surface area contributed by atoms with Gasteiger partial charge in [0.15, 0.2) is 0 Å². The summed E-state index contributed by atoms with van der Waals surface area (Å²) in [6.45, 7) is 7.74. The fraction of sp³-hybridized carbons (Fsp3) is 0.471. The molecule has 0 aliphatic carbocycles. The van der Waals surface area contributed by atoms with Crippen LogP contribution in [-0.4, -0.2) is 25.1 Å². The summed E-state index contributed by atoms with van der Waals surface area (Å²) in [6, 6.07) is 8.62. The average Bonchev–Trinajstić information content (AvgIpc) is 2.79. The second-order valence-corrected chi connectivity index (χ2v) is 6.52. The predicted molar refractivity (Wildman–Crippen MR) is 85.1 cm³/mol. The van der Waals surface area contributed by atoms with Gasteiger partial charge in [0, 0.05) is 31.2 Å². The van der Waals surface area contributed by atoms with Crippen molar-refractivity contribution in [2.45, 2.75) is 26.8 Å². The molecule has 1 saturated heterocycles. The summed E-state index contributed by atoms with van der Waals surface area (Å²) < 4.78 is 0. The van der Waals surface area contributed by atoms with Gasteiger partial charge in [-0.15, -0.1) is 0 Å². The molecule has 3 rings (SSSR count). The zero-order chi connectivity index (χ0) is 14.2. The van der Waals surface area contributed by atoms with E-state index in [1.54, 1.807) is 0 Å². The molecule has 0 radical (unpaired) electrons. The van der Waals surface area contributed by atoms with Crippen LogP contribution in [0.4, 0.5) is 5.82 Å². The van der Waals surface area contributed by atoms with Crippen LogP contribution in [0.3, 0.4) is 0 Å². The van der Waals surface area contributed by atoms with Gasteiger partial charge in [-0.3, -0.25) is 0 Å². The highest BCUT2D eigenvalue weighted by molar-refractivity contribution is 5.94. The van der Waals surface area contributed by atoms with Crippen LogP contribution in [0.25, 0.3) is 10.8 Å². The molecule has 20 heavy (non-hydrogen) atoms. The lowest BCUT2D eigenvalue weighted by Gasteiger charge is -2.22. The SMILES string of the molecule is CNCc1cnc(N2CCC(C)(C)C2)c2ccccc12. The maximum absolute atomic E-state index is 4.76. The van der Waals surface area contributed by atoms with Crippen LogP contribution in [0.2, 0.25) is 0 Å². The molecule has 0 spiro atoms. The Kier molecular flexibility index (Phi) is 3.38. The Morgan fingerprint density at radius 2 is 2.00 bits per heavy atom. The monoisotopic (exact) mass is 269 g/mol. The van der Waals surface area contributed by atoms with E-state index in [-0.39, 0.29) is 0 Å². The summed E-state index contributed by atoms with van der Waals surface area (Å²) in [5, 5.41) is 5.82. The van der Waals surface area contributed by atoms with Crippen LogP contribution >= 0.6 is 0 Å². The zero-order valence-corrected chi connectivity index (χ0v) is 12.6. The molecule has 1 fully saturated rings. The van der Waals surface area contributed by atoms with Crippen LogP contribution in [0.1, 0.15) is 25.8 Å². The lowest BCUT2D eigenvalue weighted by Crippen LogP contribution is -2.24. The molecule has 2 heterocycles. The molecular formula is C17H23N3. The van der Waals surface area contributed by atoms with Crippen molar-refractivity contribution >= 4 is 16.6 Å². The molecule has 0 unspecified atom stereocenters. The highest BCUT2D eigenvalue weighted by Crippen LogP contribution is 2.35. The topological polar surface area (TPSA) is 28.2 Å². The maximum atomic E-state index is 4.76. The Hall–Kier alpha value is -1.61. The quantitative estimate of drug-likeness (QED) is 0.927. The molecular weight excluding hydrogens is 246 g/mol. The first-order valence-electron chi connectivity index (χ1n) is 7.37. The van der Waals surface area contributed by atoms with E-state index in [9.17, 15) is 0 Å². The number of rotatable bonds is 3. The smallest absolute Gasteiger partial charge is 0.136 e. The standard InChI is InChI=1S/C17H23N3/c1-17(2)8-9-20(12-17)16-15-7-5-4-6-14(15)13(10-18-3)11-19-16/h4-7,11,18H,8-10,12H2,1-3H3. The van der Waals surface area contributed by atoms with Crippen molar-refractivity contribution in [3.8, 4) is 0 Å². The van der Waals surface area contributed by atoms with Crippen molar-refractivity contribution < 1.29 is 0 Å². The number of pyridine rings is 1. The minimum absolute atomic E-state index is 0.395. The Bertz CT molecular complexity index is 619. The summed E-state index contributed by atoms with van der Waals surface area (Å²) in [7, 11) is 1.98. The van der Waals surface area contributed by atoms with Gasteiger partial charge in [0.25, 0.3) is 0 Å². The van der Waals surface area contributed by atoms with Gasteiger partial charge in [0.1, 0.15) is 5.82 Å². The van der Waals surface area contributed by atoms with E-state index in [1.807, 2.05) is 13.2 Å². The van der Waals surface area contributed by atoms with Gasteiger partial charge in [0.2, 0.25) is 0 Å². The molecule has 1 N–H and O–H groups in total. The Morgan fingerprint density at radius 1 is 1.25 bits per heavy atom. The Morgan fingerprint density at radius 3 is 2.65 bits per heavy atom. The van der Waals surface area contributed by atoms with Crippen molar-refractivity contribution in [2.75, 3.05) is 25.0 Å². The zero-order valence-electron chi connectivity index (χ0n) is 12.6. The first-order chi connectivity index (χ1) is 9.61. The molecule has 3 nitrogen and oxygen atoms in total. The number of fused-ring (bicyclic) bond motifs is 1. The van der Waals surface area contributed by atoms with E-state index >= 15 is 0 Å². The van der Waals surface area contributed by atoms with Crippen molar-refractivity contribution in [3.63, 3.8) is 0 Å². The fourth-order valence-electron chi connectivity index (χ4n) is 3.11. The molecule has 2 aromatic rings. The van der Waals surface area contributed by atoms with Crippen molar-refractivity contribution in [1.29, 1.82) is 0 Å². The largest absolute Gasteiger partial charge is 0.356 e. The maximum Gasteiger partial charge on any atom is 0.136 e. The first-order valence-corrected chi connectivity index (χ1v) is 7.37. The number of nitrogens with one attached hydrogen (secondary N) is 1. The lowest BCUT2D eigenvalue weighted by molar-refractivity contribution is 0.418. The minimum Gasteiger partial charge on any atom is -0.356 e. The molecule has 106 valence electrons. The summed E-state index contributed by atoms with van der Waals surface area (Å²) in [6.07, 6.45) is 3.26. The predicted octanol–water partition coefficient (Wildman–Crippen LogP) is 3.19. The van der Waals surface area contributed by atoms with Gasteiger partial charge in [0.05, 0.1) is 0 Å². The van der Waals surface area contributed by atoms with Gasteiger partial charge in [-0.2, -0.15) is 0 Å². The number of hydrogen-bond donors (Lipinski definition) is 1. The second kappa shape index (κ2) is 5.06. The molecule has 0 atom stereocenters. The van der Waals surface area contributed by atoms with Crippen molar-refractivity contribution in [2.24, 2.45) is 5.41 Å². The normalized spacial score (nSPS) is 17.9. The Balaban J connectivity index is 2.07. The van der Waals surface area contributed by atoms with Gasteiger partial charge in [-0.25, -0.2) is 4.98 Å². The van der Waals surface area contributed by atoms with Crippen LogP contribution in [0.5, 0.6) is 0 Å². The summed E-state index contributed by atoms with van der Waals surface area (Å²) >= 11 is 0. The minimum atomic E-state index is 0.395. The molecule has 1 aromatic carbocycles. The van der Waals surface area contributed by atoms with Crippen LogP contribution in [0.15, 0.2) is 30.5 Å². The summed E-state index contributed by atoms with van der Waals surface area (Å²) in [4.78, 5) is 7.19. The molecule has 3 heteroatoms. The van der Waals surface area contributed by atoms with E-state index in [2.05, 4.69) is 48.3 Å². The van der Waals surface area contributed by atoms with Crippen molar-refractivity contribution in [1.82, 2.24) is 10.3 Å². The molecule has 1 aliphatic heterocycles. The fourth-order valence-corrected chi connectivity index (χ4v) is 3.11. The number of aromatic nitrogens is 1. The number of benzene rings is 1. The molecule has 1 aliphatic rings. The highest BCUT2D eigenvalue weighted by Gasteiger charge is 2.30. The summed E-state index contributed by atoms with van der Waals surface area (Å²) in [5.41, 5.74) is 1.66. The van der Waals surface area contributed by atoms with E-state index in [0.29, 0.717) is 5.41 Å². The first kappa shape index (κ1) is 13.4. The van der Waals surface area contributed by atoms with Crippen LogP contribution in [0, 0.1) is 5.41 Å². The lowest BCUT2D eigenvalue weighted by atomic mass is 9.93. The van der Waals surface area contributed by atoms with Crippen molar-refractivity contribution in [3.05, 3.63) is 36.0 Å². The van der Waals surface area contributed by atoms with Gasteiger partial charge >= 0.3 is 0 Å². The summed E-state index contributed by atoms with van der Waals surface area (Å²) in [5.74, 6) is 1.14. The molecule has 1 aromatic heterocycles. The molecule has 0 saturated carbocycles. The molecule has 0 bridgehead atoms. The van der Waals surface area contributed by atoms with Gasteiger partial charge in [-0.1, -0.05) is 38.1 Å². The third kappa shape index (κ3) is 2.38. The number of hydrogen-bond acceptors (Lipinski definition) is 3.